The van der Waals surface area contributed by atoms with E-state index < -0.39 is 11.7 Å². The molecule has 7 heteroatoms. The van der Waals surface area contributed by atoms with Gasteiger partial charge in [0.25, 0.3) is 0 Å². The van der Waals surface area contributed by atoms with E-state index in [0.717, 1.165) is 23.3 Å². The molecule has 4 nitrogen and oxygen atoms in total. The minimum atomic E-state index is -4.33. The van der Waals surface area contributed by atoms with Gasteiger partial charge in [-0.05, 0) is 30.2 Å². The Morgan fingerprint density at radius 3 is 2.57 bits per heavy atom. The van der Waals surface area contributed by atoms with Crippen LogP contribution < -0.4 is 5.32 Å². The Balaban J connectivity index is 1.78. The van der Waals surface area contributed by atoms with E-state index in [9.17, 15) is 18.0 Å². The lowest BCUT2D eigenvalue weighted by atomic mass is 10.1. The Morgan fingerprint density at radius 2 is 2.00 bits per heavy atom. The summed E-state index contributed by atoms with van der Waals surface area (Å²) in [5.74, 6) is -0.263. The van der Waals surface area contributed by atoms with Gasteiger partial charge in [0.05, 0.1) is 11.8 Å². The Kier molecular flexibility index (Phi) is 5.20. The summed E-state index contributed by atoms with van der Waals surface area (Å²) in [6.07, 6.45) is 2.57. The van der Waals surface area contributed by atoms with E-state index in [0.29, 0.717) is 13.0 Å². The number of benzene rings is 1. The maximum atomic E-state index is 12.4. The third kappa shape index (κ3) is 5.28. The van der Waals surface area contributed by atoms with Gasteiger partial charge in [0.2, 0.25) is 5.91 Å². The van der Waals surface area contributed by atoms with Crippen molar-refractivity contribution in [1.29, 1.82) is 0 Å². The fraction of sp³-hybridized carbons (Fsp3) is 0.250. The molecular formula is C16H16F3N3O. The van der Waals surface area contributed by atoms with Gasteiger partial charge in [0.1, 0.15) is 0 Å². The maximum Gasteiger partial charge on any atom is 0.416 e. The molecule has 23 heavy (non-hydrogen) atoms. The van der Waals surface area contributed by atoms with Crippen LogP contribution in [0.15, 0.2) is 42.7 Å². The van der Waals surface area contributed by atoms with Crippen molar-refractivity contribution < 1.29 is 18.0 Å². The van der Waals surface area contributed by atoms with Crippen LogP contribution in [-0.2, 0) is 24.4 Å². The molecule has 122 valence electrons. The molecule has 0 aliphatic heterocycles. The van der Waals surface area contributed by atoms with E-state index in [1.165, 1.54) is 18.2 Å². The highest BCUT2D eigenvalue weighted by Gasteiger charge is 2.29. The topological polar surface area (TPSA) is 46.9 Å². The summed E-state index contributed by atoms with van der Waals surface area (Å²) >= 11 is 0. The fourth-order valence-corrected chi connectivity index (χ4v) is 1.95. The number of halogens is 3. The van der Waals surface area contributed by atoms with Crippen LogP contribution in [0.5, 0.6) is 0 Å². The van der Waals surface area contributed by atoms with E-state index in [4.69, 9.17) is 0 Å². The van der Waals surface area contributed by atoms with Gasteiger partial charge in [0, 0.05) is 31.4 Å². The first-order chi connectivity index (χ1) is 10.8. The minimum Gasteiger partial charge on any atom is -0.352 e. The normalized spacial score (nSPS) is 11.8. The SMILES string of the molecule is Cn1cc(/C=C/C(=O)NCCc2ccc(C(F)(F)F)cc2)cn1. The second-order valence-electron chi connectivity index (χ2n) is 5.02. The number of amides is 1. The Bertz CT molecular complexity index is 687. The highest BCUT2D eigenvalue weighted by atomic mass is 19.4. The smallest absolute Gasteiger partial charge is 0.352 e. The summed E-state index contributed by atoms with van der Waals surface area (Å²) in [6.45, 7) is 0.349. The first-order valence-electron chi connectivity index (χ1n) is 6.95. The van der Waals surface area contributed by atoms with Crippen molar-refractivity contribution in [1.82, 2.24) is 15.1 Å². The summed E-state index contributed by atoms with van der Waals surface area (Å²) in [7, 11) is 1.78. The van der Waals surface area contributed by atoms with Crippen molar-refractivity contribution in [3.8, 4) is 0 Å². The average Bonchev–Trinajstić information content (AvgIpc) is 2.90. The highest BCUT2D eigenvalue weighted by Crippen LogP contribution is 2.29. The van der Waals surface area contributed by atoms with E-state index in [-0.39, 0.29) is 5.91 Å². The minimum absolute atomic E-state index is 0.263. The van der Waals surface area contributed by atoms with Crippen LogP contribution in [0, 0.1) is 0 Å². The van der Waals surface area contributed by atoms with Crippen molar-refractivity contribution >= 4 is 12.0 Å². The number of aryl methyl sites for hydroxylation is 1. The van der Waals surface area contributed by atoms with Gasteiger partial charge in [0.15, 0.2) is 0 Å². The molecule has 0 atom stereocenters. The average molecular weight is 323 g/mol. The number of nitrogens with one attached hydrogen (secondary N) is 1. The second kappa shape index (κ2) is 7.13. The Morgan fingerprint density at radius 1 is 1.30 bits per heavy atom. The van der Waals surface area contributed by atoms with Gasteiger partial charge in [-0.15, -0.1) is 0 Å². The number of carbonyl (C=O) groups excluding carboxylic acids is 1. The lowest BCUT2D eigenvalue weighted by molar-refractivity contribution is -0.137. The van der Waals surface area contributed by atoms with Crippen LogP contribution in [0.25, 0.3) is 6.08 Å². The third-order valence-electron chi connectivity index (χ3n) is 3.15. The molecule has 0 aliphatic carbocycles. The number of alkyl halides is 3. The molecule has 1 heterocycles. The highest BCUT2D eigenvalue weighted by molar-refractivity contribution is 5.91. The van der Waals surface area contributed by atoms with Crippen LogP contribution in [0.4, 0.5) is 13.2 Å². The zero-order chi connectivity index (χ0) is 16.9. The van der Waals surface area contributed by atoms with E-state index >= 15 is 0 Å². The quantitative estimate of drug-likeness (QED) is 0.860. The van der Waals surface area contributed by atoms with E-state index in [1.807, 2.05) is 0 Å². The second-order valence-corrected chi connectivity index (χ2v) is 5.02. The van der Waals surface area contributed by atoms with Crippen LogP contribution in [0.2, 0.25) is 0 Å². The summed E-state index contributed by atoms with van der Waals surface area (Å²) in [6, 6.07) is 4.92. The third-order valence-corrected chi connectivity index (χ3v) is 3.15. The molecule has 1 aromatic heterocycles. The largest absolute Gasteiger partial charge is 0.416 e. The van der Waals surface area contributed by atoms with Crippen molar-refractivity contribution in [3.05, 3.63) is 59.4 Å². The number of hydrogen-bond donors (Lipinski definition) is 1. The lowest BCUT2D eigenvalue weighted by Gasteiger charge is -2.07. The zero-order valence-corrected chi connectivity index (χ0v) is 12.5. The predicted octanol–water partition coefficient (Wildman–Crippen LogP) is 2.81. The first-order valence-corrected chi connectivity index (χ1v) is 6.95. The molecule has 0 unspecified atom stereocenters. The number of hydrogen-bond acceptors (Lipinski definition) is 2. The molecule has 0 saturated carbocycles. The Labute approximate surface area is 131 Å². The van der Waals surface area contributed by atoms with Crippen LogP contribution in [0.1, 0.15) is 16.7 Å². The van der Waals surface area contributed by atoms with Crippen LogP contribution in [-0.4, -0.2) is 22.2 Å². The number of carbonyl (C=O) groups is 1. The molecule has 0 spiro atoms. The van der Waals surface area contributed by atoms with Crippen molar-refractivity contribution in [2.24, 2.45) is 7.05 Å². The van der Waals surface area contributed by atoms with Gasteiger partial charge in [-0.1, -0.05) is 12.1 Å². The van der Waals surface area contributed by atoms with Gasteiger partial charge in [-0.2, -0.15) is 18.3 Å². The monoisotopic (exact) mass is 323 g/mol. The number of aromatic nitrogens is 2. The van der Waals surface area contributed by atoms with E-state index in [2.05, 4.69) is 10.4 Å². The summed E-state index contributed by atoms with van der Waals surface area (Å²) in [5.41, 5.74) is 0.865. The number of rotatable bonds is 5. The van der Waals surface area contributed by atoms with Gasteiger partial charge in [-0.25, -0.2) is 0 Å². The van der Waals surface area contributed by atoms with Crippen molar-refractivity contribution in [2.45, 2.75) is 12.6 Å². The molecule has 2 rings (SSSR count). The summed E-state index contributed by atoms with van der Waals surface area (Å²) in [4.78, 5) is 11.6. The fourth-order valence-electron chi connectivity index (χ4n) is 1.95. The predicted molar refractivity (Wildman–Crippen MR) is 80.4 cm³/mol. The van der Waals surface area contributed by atoms with E-state index in [1.54, 1.807) is 30.2 Å². The van der Waals surface area contributed by atoms with Gasteiger partial charge in [-0.3, -0.25) is 9.48 Å². The molecule has 1 aromatic carbocycles. The molecule has 0 aliphatic rings. The molecule has 0 radical (unpaired) electrons. The number of nitrogens with zero attached hydrogens (tertiary/aromatic N) is 2. The molecule has 0 fully saturated rings. The van der Waals surface area contributed by atoms with Crippen molar-refractivity contribution in [3.63, 3.8) is 0 Å². The first kappa shape index (κ1) is 16.8. The van der Waals surface area contributed by atoms with Crippen LogP contribution >= 0.6 is 0 Å². The molecule has 1 N–H and O–H groups in total. The van der Waals surface area contributed by atoms with Gasteiger partial charge >= 0.3 is 6.18 Å². The molecule has 0 saturated heterocycles. The van der Waals surface area contributed by atoms with Gasteiger partial charge < -0.3 is 5.32 Å². The summed E-state index contributed by atoms with van der Waals surface area (Å²) in [5, 5.41) is 6.65. The van der Waals surface area contributed by atoms with Crippen LogP contribution in [0.3, 0.4) is 0 Å². The lowest BCUT2D eigenvalue weighted by Crippen LogP contribution is -2.23. The molecular weight excluding hydrogens is 307 g/mol. The molecule has 0 bridgehead atoms. The summed E-state index contributed by atoms with van der Waals surface area (Å²) < 4.78 is 38.9. The maximum absolute atomic E-state index is 12.4. The molecule has 1 amide bonds. The standard InChI is InChI=1S/C16H16F3N3O/c1-22-11-13(10-21-22)4-7-15(23)20-9-8-12-2-5-14(6-3-12)16(17,18)19/h2-7,10-11H,8-9H2,1H3,(H,20,23)/b7-4+. The Hall–Kier alpha value is -2.57. The molecule has 2 aromatic rings. The zero-order valence-electron chi connectivity index (χ0n) is 12.5. The van der Waals surface area contributed by atoms with Crippen molar-refractivity contribution in [2.75, 3.05) is 6.54 Å².